The third-order valence-electron chi connectivity index (χ3n) is 3.17. The maximum Gasteiger partial charge on any atom is 0.0452 e. The van der Waals surface area contributed by atoms with Crippen molar-refractivity contribution in [3.63, 3.8) is 0 Å². The number of halogens is 2. The second-order valence-corrected chi connectivity index (χ2v) is 5.97. The van der Waals surface area contributed by atoms with Gasteiger partial charge in [0.15, 0.2) is 0 Å². The zero-order chi connectivity index (χ0) is 12.3. The SMILES string of the molecule is NC1C=C(Cc2ccc(Br)cc2Cl)CCCC1. The molecule has 3 heteroatoms. The van der Waals surface area contributed by atoms with Gasteiger partial charge in [-0.1, -0.05) is 51.7 Å². The van der Waals surface area contributed by atoms with Gasteiger partial charge >= 0.3 is 0 Å². The molecule has 92 valence electrons. The van der Waals surface area contributed by atoms with Crippen molar-refractivity contribution in [2.45, 2.75) is 38.1 Å². The monoisotopic (exact) mass is 313 g/mol. The molecule has 0 saturated carbocycles. The predicted octanol–water partition coefficient (Wildman–Crippen LogP) is 4.47. The van der Waals surface area contributed by atoms with Crippen LogP contribution >= 0.6 is 27.5 Å². The highest BCUT2D eigenvalue weighted by Crippen LogP contribution is 2.26. The number of nitrogens with two attached hydrogens (primary N) is 1. The highest BCUT2D eigenvalue weighted by atomic mass is 79.9. The smallest absolute Gasteiger partial charge is 0.0452 e. The quantitative estimate of drug-likeness (QED) is 0.801. The van der Waals surface area contributed by atoms with Gasteiger partial charge in [0.2, 0.25) is 0 Å². The van der Waals surface area contributed by atoms with E-state index in [0.29, 0.717) is 0 Å². The van der Waals surface area contributed by atoms with E-state index in [2.05, 4.69) is 28.1 Å². The van der Waals surface area contributed by atoms with E-state index >= 15 is 0 Å². The third kappa shape index (κ3) is 3.84. The number of hydrogen-bond donors (Lipinski definition) is 1. The zero-order valence-electron chi connectivity index (χ0n) is 9.76. The third-order valence-corrected chi connectivity index (χ3v) is 4.01. The molecule has 0 radical (unpaired) electrons. The molecule has 1 aliphatic carbocycles. The molecule has 1 unspecified atom stereocenters. The minimum absolute atomic E-state index is 0.224. The van der Waals surface area contributed by atoms with Crippen LogP contribution < -0.4 is 5.73 Å². The van der Waals surface area contributed by atoms with Crippen LogP contribution in [-0.4, -0.2) is 6.04 Å². The van der Waals surface area contributed by atoms with Crippen molar-refractivity contribution >= 4 is 27.5 Å². The lowest BCUT2D eigenvalue weighted by Gasteiger charge is -2.09. The van der Waals surface area contributed by atoms with Gasteiger partial charge in [0.25, 0.3) is 0 Å². The van der Waals surface area contributed by atoms with Crippen molar-refractivity contribution in [2.24, 2.45) is 5.73 Å². The molecular formula is C14H17BrClN. The number of hydrogen-bond acceptors (Lipinski definition) is 1. The summed E-state index contributed by atoms with van der Waals surface area (Å²) in [6.45, 7) is 0. The topological polar surface area (TPSA) is 26.0 Å². The number of rotatable bonds is 2. The standard InChI is InChI=1S/C14H17BrClN/c15-12-6-5-11(14(16)9-12)7-10-3-1-2-4-13(17)8-10/h5-6,8-9,13H,1-4,7,17H2. The molecule has 1 nitrogen and oxygen atoms in total. The van der Waals surface area contributed by atoms with Crippen molar-refractivity contribution in [2.75, 3.05) is 0 Å². The summed E-state index contributed by atoms with van der Waals surface area (Å²) in [7, 11) is 0. The van der Waals surface area contributed by atoms with Gasteiger partial charge in [0, 0.05) is 15.5 Å². The van der Waals surface area contributed by atoms with Gasteiger partial charge in [-0.3, -0.25) is 0 Å². The molecule has 2 rings (SSSR count). The molecule has 1 aliphatic rings. The van der Waals surface area contributed by atoms with E-state index in [1.165, 1.54) is 24.0 Å². The van der Waals surface area contributed by atoms with Gasteiger partial charge in [-0.25, -0.2) is 0 Å². The van der Waals surface area contributed by atoms with E-state index < -0.39 is 0 Å². The van der Waals surface area contributed by atoms with Crippen LogP contribution in [0, 0.1) is 0 Å². The summed E-state index contributed by atoms with van der Waals surface area (Å²) in [5, 5.41) is 0.832. The molecule has 0 fully saturated rings. The Morgan fingerprint density at radius 1 is 1.35 bits per heavy atom. The summed E-state index contributed by atoms with van der Waals surface area (Å²) in [6, 6.07) is 6.30. The molecule has 0 saturated heterocycles. The van der Waals surface area contributed by atoms with Crippen LogP contribution in [0.2, 0.25) is 5.02 Å². The number of benzene rings is 1. The summed E-state index contributed by atoms with van der Waals surface area (Å²) >= 11 is 9.66. The Labute approximate surface area is 116 Å². The molecule has 17 heavy (non-hydrogen) atoms. The first-order chi connectivity index (χ1) is 8.15. The fourth-order valence-electron chi connectivity index (χ4n) is 2.26. The Morgan fingerprint density at radius 2 is 2.18 bits per heavy atom. The van der Waals surface area contributed by atoms with Crippen LogP contribution in [0.15, 0.2) is 34.3 Å². The van der Waals surface area contributed by atoms with Crippen LogP contribution in [0.25, 0.3) is 0 Å². The van der Waals surface area contributed by atoms with E-state index in [4.69, 9.17) is 17.3 Å². The fourth-order valence-corrected chi connectivity index (χ4v) is 3.00. The summed E-state index contributed by atoms with van der Waals surface area (Å²) in [5.74, 6) is 0. The molecule has 0 spiro atoms. The molecule has 0 bridgehead atoms. The molecule has 1 atom stereocenters. The first kappa shape index (κ1) is 13.1. The van der Waals surface area contributed by atoms with Crippen molar-refractivity contribution in [3.8, 4) is 0 Å². The van der Waals surface area contributed by atoms with Crippen molar-refractivity contribution in [3.05, 3.63) is 44.9 Å². The molecule has 2 N–H and O–H groups in total. The first-order valence-corrected chi connectivity index (χ1v) is 7.21. The minimum Gasteiger partial charge on any atom is -0.324 e. The summed E-state index contributed by atoms with van der Waals surface area (Å²) < 4.78 is 1.03. The van der Waals surface area contributed by atoms with E-state index in [-0.39, 0.29) is 6.04 Å². The molecule has 0 aliphatic heterocycles. The normalized spacial score (nSPS) is 20.9. The summed E-state index contributed by atoms with van der Waals surface area (Å²) in [5.41, 5.74) is 8.64. The zero-order valence-corrected chi connectivity index (χ0v) is 12.1. The van der Waals surface area contributed by atoms with Gasteiger partial charge in [-0.15, -0.1) is 0 Å². The molecule has 0 aromatic heterocycles. The highest BCUT2D eigenvalue weighted by Gasteiger charge is 2.10. The van der Waals surface area contributed by atoms with Gasteiger partial charge in [0.1, 0.15) is 0 Å². The fraction of sp³-hybridized carbons (Fsp3) is 0.429. The predicted molar refractivity (Wildman–Crippen MR) is 77.4 cm³/mol. The van der Waals surface area contributed by atoms with E-state index in [0.717, 1.165) is 28.8 Å². The molecular weight excluding hydrogens is 298 g/mol. The minimum atomic E-state index is 0.224. The average molecular weight is 315 g/mol. The van der Waals surface area contributed by atoms with Gasteiger partial charge in [-0.2, -0.15) is 0 Å². The Kier molecular flexibility index (Phi) is 4.66. The maximum absolute atomic E-state index is 6.24. The van der Waals surface area contributed by atoms with E-state index in [9.17, 15) is 0 Å². The second kappa shape index (κ2) is 6.03. The molecule has 0 amide bonds. The Hall–Kier alpha value is -0.310. The number of allylic oxidation sites excluding steroid dienone is 1. The van der Waals surface area contributed by atoms with Gasteiger partial charge in [0.05, 0.1) is 0 Å². The Bertz CT molecular complexity index is 428. The van der Waals surface area contributed by atoms with Crippen molar-refractivity contribution < 1.29 is 0 Å². The second-order valence-electron chi connectivity index (χ2n) is 4.65. The maximum atomic E-state index is 6.24. The summed E-state index contributed by atoms with van der Waals surface area (Å²) in [4.78, 5) is 0. The first-order valence-electron chi connectivity index (χ1n) is 6.04. The average Bonchev–Trinajstić information content (AvgIpc) is 2.47. The molecule has 1 aromatic carbocycles. The van der Waals surface area contributed by atoms with Gasteiger partial charge in [-0.05, 0) is 43.4 Å². The molecule has 0 heterocycles. The van der Waals surface area contributed by atoms with E-state index in [1.54, 1.807) is 0 Å². The lowest BCUT2D eigenvalue weighted by molar-refractivity contribution is 0.654. The van der Waals surface area contributed by atoms with Crippen LogP contribution in [0.5, 0.6) is 0 Å². The highest BCUT2D eigenvalue weighted by molar-refractivity contribution is 9.10. The van der Waals surface area contributed by atoms with Crippen LogP contribution in [-0.2, 0) is 6.42 Å². The molecule has 1 aromatic rings. The summed E-state index contributed by atoms with van der Waals surface area (Å²) in [6.07, 6.45) is 7.89. The van der Waals surface area contributed by atoms with Crippen molar-refractivity contribution in [1.82, 2.24) is 0 Å². The van der Waals surface area contributed by atoms with E-state index in [1.807, 2.05) is 12.1 Å². The van der Waals surface area contributed by atoms with Crippen LogP contribution in [0.1, 0.15) is 31.2 Å². The van der Waals surface area contributed by atoms with Gasteiger partial charge < -0.3 is 5.73 Å². The lowest BCUT2D eigenvalue weighted by atomic mass is 10.0. The Morgan fingerprint density at radius 3 is 2.94 bits per heavy atom. The lowest BCUT2D eigenvalue weighted by Crippen LogP contribution is -2.16. The largest absolute Gasteiger partial charge is 0.324 e. The Balaban J connectivity index is 2.14. The van der Waals surface area contributed by atoms with Crippen LogP contribution in [0.4, 0.5) is 0 Å². The van der Waals surface area contributed by atoms with Crippen molar-refractivity contribution in [1.29, 1.82) is 0 Å². The van der Waals surface area contributed by atoms with Crippen LogP contribution in [0.3, 0.4) is 0 Å².